The maximum atomic E-state index is 11.3. The zero-order chi connectivity index (χ0) is 10.4. The summed E-state index contributed by atoms with van der Waals surface area (Å²) in [4.78, 5) is 11.3. The van der Waals surface area contributed by atoms with E-state index >= 15 is 0 Å². The van der Waals surface area contributed by atoms with Crippen LogP contribution in [0.4, 0.5) is 0 Å². The molecule has 0 bridgehead atoms. The lowest BCUT2D eigenvalue weighted by Crippen LogP contribution is -2.38. The smallest absolute Gasteiger partial charge is 0.221 e. The molecule has 0 aliphatic rings. The van der Waals surface area contributed by atoms with E-state index in [4.69, 9.17) is 5.73 Å². The number of rotatable bonds is 5. The van der Waals surface area contributed by atoms with Gasteiger partial charge in [0.1, 0.15) is 0 Å². The van der Waals surface area contributed by atoms with E-state index in [0.717, 1.165) is 6.42 Å². The normalized spacial score (nSPS) is 15.5. The number of hydrogen-bond donors (Lipinski definition) is 2. The summed E-state index contributed by atoms with van der Waals surface area (Å²) in [6.07, 6.45) is 1.39. The number of carbonyl (C=O) groups excluding carboxylic acids is 1. The molecule has 3 nitrogen and oxygen atoms in total. The Kier molecular flexibility index (Phi) is 5.71. The Balaban J connectivity index is 3.74. The molecule has 0 saturated carbocycles. The van der Waals surface area contributed by atoms with Crippen LogP contribution in [-0.2, 0) is 4.79 Å². The average molecular weight is 186 g/mol. The van der Waals surface area contributed by atoms with Crippen LogP contribution in [0, 0.1) is 5.92 Å². The monoisotopic (exact) mass is 186 g/mol. The van der Waals surface area contributed by atoms with Gasteiger partial charge in [0.2, 0.25) is 5.91 Å². The third-order valence-electron chi connectivity index (χ3n) is 2.30. The van der Waals surface area contributed by atoms with Gasteiger partial charge in [-0.15, -0.1) is 0 Å². The molecule has 0 aliphatic carbocycles. The SMILES string of the molecule is CCC(C)NC(=O)CC(N)C(C)C. The minimum absolute atomic E-state index is 0.0240. The van der Waals surface area contributed by atoms with Crippen molar-refractivity contribution in [3.63, 3.8) is 0 Å². The van der Waals surface area contributed by atoms with Crippen LogP contribution in [0.5, 0.6) is 0 Å². The second kappa shape index (κ2) is 5.97. The molecule has 0 heterocycles. The molecule has 0 radical (unpaired) electrons. The highest BCUT2D eigenvalue weighted by atomic mass is 16.1. The second-order valence-corrected chi connectivity index (χ2v) is 3.99. The van der Waals surface area contributed by atoms with Crippen molar-refractivity contribution in [3.8, 4) is 0 Å². The second-order valence-electron chi connectivity index (χ2n) is 3.99. The minimum atomic E-state index is -0.0240. The van der Waals surface area contributed by atoms with E-state index in [1.165, 1.54) is 0 Å². The van der Waals surface area contributed by atoms with Crippen LogP contribution in [-0.4, -0.2) is 18.0 Å². The van der Waals surface area contributed by atoms with E-state index in [-0.39, 0.29) is 18.0 Å². The molecule has 78 valence electrons. The summed E-state index contributed by atoms with van der Waals surface area (Å²) in [5, 5.41) is 2.90. The maximum absolute atomic E-state index is 11.3. The Morgan fingerprint density at radius 1 is 1.38 bits per heavy atom. The van der Waals surface area contributed by atoms with Gasteiger partial charge in [-0.25, -0.2) is 0 Å². The lowest BCUT2D eigenvalue weighted by Gasteiger charge is -2.17. The van der Waals surface area contributed by atoms with Crippen molar-refractivity contribution in [2.45, 2.75) is 52.6 Å². The predicted octanol–water partition coefficient (Wildman–Crippen LogP) is 1.27. The third-order valence-corrected chi connectivity index (χ3v) is 2.30. The first-order valence-corrected chi connectivity index (χ1v) is 5.02. The fourth-order valence-corrected chi connectivity index (χ4v) is 0.886. The minimum Gasteiger partial charge on any atom is -0.354 e. The predicted molar refractivity (Wildman–Crippen MR) is 55.3 cm³/mol. The van der Waals surface area contributed by atoms with Crippen molar-refractivity contribution in [2.24, 2.45) is 11.7 Å². The highest BCUT2D eigenvalue weighted by Crippen LogP contribution is 2.02. The molecule has 0 aromatic heterocycles. The summed E-state index contributed by atoms with van der Waals surface area (Å²) >= 11 is 0. The fraction of sp³-hybridized carbons (Fsp3) is 0.900. The van der Waals surface area contributed by atoms with E-state index in [1.54, 1.807) is 0 Å². The lowest BCUT2D eigenvalue weighted by molar-refractivity contribution is -0.122. The molecular formula is C10H22N2O. The third kappa shape index (κ3) is 5.64. The van der Waals surface area contributed by atoms with Gasteiger partial charge in [-0.3, -0.25) is 4.79 Å². The van der Waals surface area contributed by atoms with E-state index < -0.39 is 0 Å². The number of amides is 1. The molecule has 0 saturated heterocycles. The van der Waals surface area contributed by atoms with E-state index in [2.05, 4.69) is 5.32 Å². The highest BCUT2D eigenvalue weighted by molar-refractivity contribution is 5.76. The Hall–Kier alpha value is -0.570. The molecule has 0 aliphatic heterocycles. The molecule has 2 atom stereocenters. The first-order chi connectivity index (χ1) is 5.97. The average Bonchev–Trinajstić information content (AvgIpc) is 2.03. The fourth-order valence-electron chi connectivity index (χ4n) is 0.886. The van der Waals surface area contributed by atoms with Gasteiger partial charge in [0.25, 0.3) is 0 Å². The van der Waals surface area contributed by atoms with Gasteiger partial charge in [0.05, 0.1) is 0 Å². The largest absolute Gasteiger partial charge is 0.354 e. The molecule has 2 unspecified atom stereocenters. The van der Waals surface area contributed by atoms with Gasteiger partial charge >= 0.3 is 0 Å². The molecule has 0 aromatic rings. The molecule has 0 aromatic carbocycles. The number of hydrogen-bond acceptors (Lipinski definition) is 2. The van der Waals surface area contributed by atoms with Gasteiger partial charge in [-0.2, -0.15) is 0 Å². The van der Waals surface area contributed by atoms with Gasteiger partial charge in [-0.05, 0) is 19.3 Å². The quantitative estimate of drug-likeness (QED) is 0.679. The van der Waals surface area contributed by atoms with Crippen LogP contribution in [0.15, 0.2) is 0 Å². The van der Waals surface area contributed by atoms with Gasteiger partial charge < -0.3 is 11.1 Å². The lowest BCUT2D eigenvalue weighted by atomic mass is 10.0. The van der Waals surface area contributed by atoms with Crippen LogP contribution in [0.3, 0.4) is 0 Å². The molecular weight excluding hydrogens is 164 g/mol. The van der Waals surface area contributed by atoms with Crippen LogP contribution in [0.1, 0.15) is 40.5 Å². The van der Waals surface area contributed by atoms with Gasteiger partial charge in [0, 0.05) is 18.5 Å². The van der Waals surface area contributed by atoms with Gasteiger partial charge in [-0.1, -0.05) is 20.8 Å². The number of carbonyl (C=O) groups is 1. The Morgan fingerprint density at radius 2 is 1.92 bits per heavy atom. The standard InChI is InChI=1S/C10H22N2O/c1-5-8(4)12-10(13)6-9(11)7(2)3/h7-9H,5-6,11H2,1-4H3,(H,12,13). The highest BCUT2D eigenvalue weighted by Gasteiger charge is 2.13. The van der Waals surface area contributed by atoms with Crippen LogP contribution in [0.2, 0.25) is 0 Å². The molecule has 0 spiro atoms. The van der Waals surface area contributed by atoms with Crippen molar-refractivity contribution in [1.82, 2.24) is 5.32 Å². The van der Waals surface area contributed by atoms with Crippen molar-refractivity contribution in [1.29, 1.82) is 0 Å². The summed E-state index contributed by atoms with van der Waals surface area (Å²) in [5.74, 6) is 0.429. The van der Waals surface area contributed by atoms with Crippen LogP contribution in [0.25, 0.3) is 0 Å². The topological polar surface area (TPSA) is 55.1 Å². The number of nitrogens with one attached hydrogen (secondary N) is 1. The van der Waals surface area contributed by atoms with Crippen molar-refractivity contribution < 1.29 is 4.79 Å². The Bertz CT molecular complexity index is 157. The first-order valence-electron chi connectivity index (χ1n) is 5.02. The summed E-state index contributed by atoms with van der Waals surface area (Å²) < 4.78 is 0. The number of nitrogens with two attached hydrogens (primary N) is 1. The molecule has 13 heavy (non-hydrogen) atoms. The summed E-state index contributed by atoms with van der Waals surface area (Å²) in [6, 6.07) is 0.232. The summed E-state index contributed by atoms with van der Waals surface area (Å²) in [6.45, 7) is 8.11. The zero-order valence-electron chi connectivity index (χ0n) is 9.13. The van der Waals surface area contributed by atoms with E-state index in [0.29, 0.717) is 12.3 Å². The van der Waals surface area contributed by atoms with Crippen LogP contribution >= 0.6 is 0 Å². The van der Waals surface area contributed by atoms with Crippen LogP contribution < -0.4 is 11.1 Å². The molecule has 3 N–H and O–H groups in total. The molecule has 3 heteroatoms. The zero-order valence-corrected chi connectivity index (χ0v) is 9.13. The van der Waals surface area contributed by atoms with Crippen molar-refractivity contribution >= 4 is 5.91 Å². The summed E-state index contributed by atoms with van der Waals surface area (Å²) in [5.41, 5.74) is 5.77. The molecule has 0 fully saturated rings. The first kappa shape index (κ1) is 12.4. The summed E-state index contributed by atoms with van der Waals surface area (Å²) in [7, 11) is 0. The van der Waals surface area contributed by atoms with Crippen molar-refractivity contribution in [2.75, 3.05) is 0 Å². The van der Waals surface area contributed by atoms with Crippen molar-refractivity contribution in [3.05, 3.63) is 0 Å². The van der Waals surface area contributed by atoms with Gasteiger partial charge in [0.15, 0.2) is 0 Å². The van der Waals surface area contributed by atoms with E-state index in [9.17, 15) is 4.79 Å². The molecule has 0 rings (SSSR count). The molecule has 1 amide bonds. The maximum Gasteiger partial charge on any atom is 0.221 e. The Labute approximate surface area is 81.1 Å². The Morgan fingerprint density at radius 3 is 2.31 bits per heavy atom. The van der Waals surface area contributed by atoms with E-state index in [1.807, 2.05) is 27.7 Å².